The van der Waals surface area contributed by atoms with Crippen LogP contribution in [0.5, 0.6) is 5.75 Å². The van der Waals surface area contributed by atoms with Gasteiger partial charge in [-0.3, -0.25) is 4.79 Å². The van der Waals surface area contributed by atoms with Crippen molar-refractivity contribution in [3.05, 3.63) is 109 Å². The smallest absolute Gasteiger partial charge is 0.254 e. The molecule has 2 N–H and O–H groups in total. The van der Waals surface area contributed by atoms with Gasteiger partial charge in [-0.05, 0) is 101 Å². The van der Waals surface area contributed by atoms with E-state index in [1.165, 1.54) is 16.0 Å². The molecule has 176 valence electrons. The van der Waals surface area contributed by atoms with E-state index in [2.05, 4.69) is 28.3 Å². The van der Waals surface area contributed by atoms with Crippen molar-refractivity contribution in [3.63, 3.8) is 0 Å². The maximum absolute atomic E-state index is 13.2. The highest BCUT2D eigenvalue weighted by Crippen LogP contribution is 2.39. The standard InChI is InChI=1S/C21H18ClNO2S.C6H9NS/c1-25-18-8-4-16(5-9-18)21(24)23-12-10-15-11-13-26-20(15)19(23)14-2-6-17(22)7-3-14;7-3-1-6-2-4-8-5-6/h2-9,11,13,19H,10,12H2,1H3;2,4-5H,1,3,7H2. The molecule has 0 fully saturated rings. The number of amides is 1. The summed E-state index contributed by atoms with van der Waals surface area (Å²) in [5.41, 5.74) is 9.76. The number of nitrogens with two attached hydrogens (primary N) is 1. The van der Waals surface area contributed by atoms with Crippen molar-refractivity contribution in [2.24, 2.45) is 5.73 Å². The summed E-state index contributed by atoms with van der Waals surface area (Å²) in [6, 6.07) is 19.3. The molecule has 34 heavy (non-hydrogen) atoms. The molecule has 1 amide bonds. The predicted molar refractivity (Wildman–Crippen MR) is 142 cm³/mol. The van der Waals surface area contributed by atoms with E-state index >= 15 is 0 Å². The number of rotatable bonds is 5. The average Bonchev–Trinajstić information content (AvgIpc) is 3.56. The molecule has 7 heteroatoms. The number of nitrogens with zero attached hydrogens (tertiary/aromatic N) is 1. The third kappa shape index (κ3) is 5.70. The molecule has 4 nitrogen and oxygen atoms in total. The summed E-state index contributed by atoms with van der Waals surface area (Å²) < 4.78 is 5.20. The lowest BCUT2D eigenvalue weighted by atomic mass is 9.94. The van der Waals surface area contributed by atoms with Gasteiger partial charge in [-0.15, -0.1) is 11.3 Å². The first-order valence-corrected chi connectivity index (χ1v) is 13.3. The van der Waals surface area contributed by atoms with Gasteiger partial charge in [0.25, 0.3) is 5.91 Å². The summed E-state index contributed by atoms with van der Waals surface area (Å²) in [4.78, 5) is 16.4. The fourth-order valence-corrected chi connectivity index (χ4v) is 5.92. The van der Waals surface area contributed by atoms with Gasteiger partial charge in [0.1, 0.15) is 5.75 Å². The molecule has 0 aliphatic carbocycles. The summed E-state index contributed by atoms with van der Waals surface area (Å²) in [7, 11) is 1.62. The van der Waals surface area contributed by atoms with Crippen molar-refractivity contribution >= 4 is 40.2 Å². The highest BCUT2D eigenvalue weighted by Gasteiger charge is 2.33. The lowest BCUT2D eigenvalue weighted by Crippen LogP contribution is -2.40. The molecule has 0 spiro atoms. The molecule has 0 saturated carbocycles. The second kappa shape index (κ2) is 11.7. The van der Waals surface area contributed by atoms with Gasteiger partial charge in [0.2, 0.25) is 0 Å². The largest absolute Gasteiger partial charge is 0.497 e. The normalized spacial score (nSPS) is 14.7. The van der Waals surface area contributed by atoms with Crippen LogP contribution in [-0.4, -0.2) is 31.0 Å². The van der Waals surface area contributed by atoms with Gasteiger partial charge >= 0.3 is 0 Å². The fourth-order valence-electron chi connectivity index (χ4n) is 4.00. The van der Waals surface area contributed by atoms with E-state index in [0.29, 0.717) is 17.1 Å². The topological polar surface area (TPSA) is 55.6 Å². The minimum Gasteiger partial charge on any atom is -0.497 e. The minimum absolute atomic E-state index is 0.0339. The van der Waals surface area contributed by atoms with Gasteiger partial charge in [-0.1, -0.05) is 23.7 Å². The average molecular weight is 511 g/mol. The van der Waals surface area contributed by atoms with Gasteiger partial charge in [0.15, 0.2) is 0 Å². The van der Waals surface area contributed by atoms with Crippen LogP contribution >= 0.6 is 34.3 Å². The Bertz CT molecular complexity index is 1190. The zero-order chi connectivity index (χ0) is 23.9. The van der Waals surface area contributed by atoms with Gasteiger partial charge in [0, 0.05) is 22.0 Å². The molecule has 0 saturated heterocycles. The first-order chi connectivity index (χ1) is 16.6. The Kier molecular flexibility index (Phi) is 8.40. The lowest BCUT2D eigenvalue weighted by Gasteiger charge is -2.36. The summed E-state index contributed by atoms with van der Waals surface area (Å²) in [5, 5.41) is 7.01. The van der Waals surface area contributed by atoms with Gasteiger partial charge < -0.3 is 15.4 Å². The van der Waals surface area contributed by atoms with Gasteiger partial charge in [-0.2, -0.15) is 11.3 Å². The summed E-state index contributed by atoms with van der Waals surface area (Å²) in [6.07, 6.45) is 1.90. The van der Waals surface area contributed by atoms with E-state index in [-0.39, 0.29) is 11.9 Å². The highest BCUT2D eigenvalue weighted by atomic mass is 35.5. The molecule has 5 rings (SSSR count). The second-order valence-electron chi connectivity index (χ2n) is 7.91. The first-order valence-electron chi connectivity index (χ1n) is 11.1. The third-order valence-electron chi connectivity index (χ3n) is 5.76. The Labute approximate surface area is 213 Å². The lowest BCUT2D eigenvalue weighted by molar-refractivity contribution is 0.0698. The number of fused-ring (bicyclic) bond motifs is 1. The molecule has 4 aromatic rings. The quantitative estimate of drug-likeness (QED) is 0.336. The van der Waals surface area contributed by atoms with Crippen molar-refractivity contribution < 1.29 is 9.53 Å². The second-order valence-corrected chi connectivity index (χ2v) is 10.1. The number of halogens is 1. The molecule has 0 radical (unpaired) electrons. The zero-order valence-electron chi connectivity index (χ0n) is 18.9. The number of methoxy groups -OCH3 is 1. The van der Waals surface area contributed by atoms with Crippen LogP contribution in [0.15, 0.2) is 76.8 Å². The van der Waals surface area contributed by atoms with Crippen molar-refractivity contribution in [3.8, 4) is 5.75 Å². The van der Waals surface area contributed by atoms with Crippen LogP contribution in [0.3, 0.4) is 0 Å². The van der Waals surface area contributed by atoms with Gasteiger partial charge in [0.05, 0.1) is 13.2 Å². The van der Waals surface area contributed by atoms with Crippen LogP contribution < -0.4 is 10.5 Å². The van der Waals surface area contributed by atoms with Crippen molar-refractivity contribution in [1.82, 2.24) is 4.90 Å². The predicted octanol–water partition coefficient (Wildman–Crippen LogP) is 6.45. The zero-order valence-corrected chi connectivity index (χ0v) is 21.3. The number of thiophene rings is 2. The summed E-state index contributed by atoms with van der Waals surface area (Å²) >= 11 is 9.50. The highest BCUT2D eigenvalue weighted by molar-refractivity contribution is 7.10. The Morgan fingerprint density at radius 1 is 1.09 bits per heavy atom. The van der Waals surface area contributed by atoms with E-state index in [0.717, 1.165) is 30.7 Å². The van der Waals surface area contributed by atoms with Gasteiger partial charge in [-0.25, -0.2) is 0 Å². The SMILES string of the molecule is COc1ccc(C(=O)N2CCc3ccsc3C2c2ccc(Cl)cc2)cc1.NCCc1ccsc1. The van der Waals surface area contributed by atoms with Crippen LogP contribution in [0.1, 0.15) is 38.0 Å². The molecule has 2 aromatic carbocycles. The number of hydrogen-bond donors (Lipinski definition) is 1. The van der Waals surface area contributed by atoms with Crippen LogP contribution in [0, 0.1) is 0 Å². The Hall–Kier alpha value is -2.64. The number of ether oxygens (including phenoxy) is 1. The molecule has 1 aliphatic rings. The van der Waals surface area contributed by atoms with E-state index < -0.39 is 0 Å². The molecule has 1 aliphatic heterocycles. The summed E-state index contributed by atoms with van der Waals surface area (Å²) in [6.45, 7) is 1.46. The third-order valence-corrected chi connectivity index (χ3v) is 7.76. The molecule has 0 bridgehead atoms. The van der Waals surface area contributed by atoms with Crippen LogP contribution in [0.2, 0.25) is 5.02 Å². The Morgan fingerprint density at radius 3 is 2.50 bits per heavy atom. The van der Waals surface area contributed by atoms with E-state index in [4.69, 9.17) is 22.1 Å². The Balaban J connectivity index is 0.000000291. The molecule has 1 atom stereocenters. The monoisotopic (exact) mass is 510 g/mol. The number of benzene rings is 2. The van der Waals surface area contributed by atoms with Crippen LogP contribution in [-0.2, 0) is 12.8 Å². The van der Waals surface area contributed by atoms with E-state index in [1.807, 2.05) is 53.4 Å². The minimum atomic E-state index is -0.0781. The van der Waals surface area contributed by atoms with E-state index in [9.17, 15) is 4.79 Å². The summed E-state index contributed by atoms with van der Waals surface area (Å²) in [5.74, 6) is 0.779. The van der Waals surface area contributed by atoms with Crippen LogP contribution in [0.25, 0.3) is 0 Å². The number of carbonyl (C=O) groups excluding carboxylic acids is 1. The molecule has 3 heterocycles. The maximum Gasteiger partial charge on any atom is 0.254 e. The number of hydrogen-bond acceptors (Lipinski definition) is 5. The maximum atomic E-state index is 13.2. The Morgan fingerprint density at radius 2 is 1.85 bits per heavy atom. The molecule has 2 aromatic heterocycles. The molecular weight excluding hydrogens is 484 g/mol. The van der Waals surface area contributed by atoms with Crippen molar-refractivity contribution in [2.75, 3.05) is 20.2 Å². The van der Waals surface area contributed by atoms with E-state index in [1.54, 1.807) is 29.8 Å². The van der Waals surface area contributed by atoms with Crippen LogP contribution in [0.4, 0.5) is 0 Å². The first kappa shape index (κ1) is 24.5. The molecule has 1 unspecified atom stereocenters. The number of carbonyl (C=O) groups is 1. The van der Waals surface area contributed by atoms with Crippen molar-refractivity contribution in [1.29, 1.82) is 0 Å². The molecular formula is C27H27ClN2O2S2. The fraction of sp³-hybridized carbons (Fsp3) is 0.222. The van der Waals surface area contributed by atoms with Crippen molar-refractivity contribution in [2.45, 2.75) is 18.9 Å².